The average Bonchev–Trinajstić information content (AvgIpc) is 3.41. The summed E-state index contributed by atoms with van der Waals surface area (Å²) in [5, 5.41) is 24.4. The molecule has 0 spiro atoms. The molecule has 1 aliphatic heterocycles. The fraction of sp³-hybridized carbons (Fsp3) is 0.0870. The predicted molar refractivity (Wildman–Crippen MR) is 112 cm³/mol. The Kier molecular flexibility index (Phi) is 4.30. The topological polar surface area (TPSA) is 116 Å². The van der Waals surface area contributed by atoms with Crippen LogP contribution in [0.3, 0.4) is 0 Å². The van der Waals surface area contributed by atoms with Crippen LogP contribution in [0.4, 0.5) is 4.39 Å². The number of aromatic nitrogens is 4. The molecule has 0 saturated carbocycles. The minimum Gasteiger partial charge on any atom is -0.420 e. The Hall–Kier alpha value is -4.38. The number of hydrogen-bond acceptors (Lipinski definition) is 5. The van der Waals surface area contributed by atoms with Gasteiger partial charge in [0.2, 0.25) is 11.8 Å². The van der Waals surface area contributed by atoms with Crippen LogP contribution in [0.5, 0.6) is 5.88 Å². The second-order valence-electron chi connectivity index (χ2n) is 7.32. The molecule has 5 rings (SSSR count). The molecular formula is C23H17FN6O. The number of aryl methyl sites for hydroxylation is 1. The number of nitrogens with one attached hydrogen (secondary N) is 2. The Bertz CT molecular complexity index is 1340. The maximum absolute atomic E-state index is 13.5. The highest BCUT2D eigenvalue weighted by Crippen LogP contribution is 2.47. The molecule has 1 atom stereocenters. The van der Waals surface area contributed by atoms with Gasteiger partial charge >= 0.3 is 0 Å². The Labute approximate surface area is 177 Å². The first-order valence-corrected chi connectivity index (χ1v) is 9.59. The van der Waals surface area contributed by atoms with Crippen LogP contribution in [0, 0.1) is 24.1 Å². The van der Waals surface area contributed by atoms with Crippen molar-refractivity contribution >= 4 is 0 Å². The average molecular weight is 412 g/mol. The molecule has 3 heterocycles. The lowest BCUT2D eigenvalue weighted by molar-refractivity contribution is 0.379. The van der Waals surface area contributed by atoms with E-state index < -0.39 is 5.92 Å². The summed E-state index contributed by atoms with van der Waals surface area (Å²) in [6.07, 6.45) is 1.65. The number of fused-ring (bicyclic) bond motifs is 1. The van der Waals surface area contributed by atoms with E-state index in [0.717, 1.165) is 22.4 Å². The van der Waals surface area contributed by atoms with Crippen molar-refractivity contribution in [1.29, 1.82) is 5.26 Å². The lowest BCUT2D eigenvalue weighted by atomic mass is 9.82. The lowest BCUT2D eigenvalue weighted by Crippen LogP contribution is -2.21. The quantitative estimate of drug-likeness (QED) is 0.468. The first-order chi connectivity index (χ1) is 15.1. The molecule has 152 valence electrons. The molecule has 8 heteroatoms. The summed E-state index contributed by atoms with van der Waals surface area (Å²) in [6, 6.07) is 16.2. The fourth-order valence-corrected chi connectivity index (χ4v) is 3.86. The van der Waals surface area contributed by atoms with E-state index in [1.165, 1.54) is 12.1 Å². The van der Waals surface area contributed by atoms with E-state index in [4.69, 9.17) is 10.5 Å². The number of H-pyrrole nitrogens is 2. The van der Waals surface area contributed by atoms with Crippen LogP contribution in [-0.4, -0.2) is 20.4 Å². The predicted octanol–water partition coefficient (Wildman–Crippen LogP) is 4.13. The van der Waals surface area contributed by atoms with Crippen LogP contribution >= 0.6 is 0 Å². The Balaban J connectivity index is 1.72. The SMILES string of the molecule is Cc1ccc(-c2[nH]nc3c2[C@@H](c2cn[nH]c2-c2ccc(F)cc2)C(C#N)=C(N)O3)cc1. The zero-order valence-electron chi connectivity index (χ0n) is 16.5. The number of rotatable bonds is 3. The Morgan fingerprint density at radius 3 is 2.42 bits per heavy atom. The third-order valence-corrected chi connectivity index (χ3v) is 5.39. The third kappa shape index (κ3) is 3.04. The summed E-state index contributed by atoms with van der Waals surface area (Å²) in [4.78, 5) is 0. The zero-order valence-corrected chi connectivity index (χ0v) is 16.5. The number of nitriles is 1. The van der Waals surface area contributed by atoms with Crippen LogP contribution in [0.15, 0.2) is 66.2 Å². The number of halogens is 1. The van der Waals surface area contributed by atoms with Crippen LogP contribution < -0.4 is 10.5 Å². The molecule has 0 unspecified atom stereocenters. The summed E-state index contributed by atoms with van der Waals surface area (Å²) in [6.45, 7) is 2.01. The van der Waals surface area contributed by atoms with Gasteiger partial charge in [0.05, 0.1) is 29.1 Å². The molecule has 0 fully saturated rings. The summed E-state index contributed by atoms with van der Waals surface area (Å²) in [5.74, 6) is -0.601. The van der Waals surface area contributed by atoms with E-state index >= 15 is 0 Å². The van der Waals surface area contributed by atoms with Crippen molar-refractivity contribution in [3.8, 4) is 34.5 Å². The standard InChI is InChI=1S/C23H17FN6O/c1-12-2-4-14(5-3-12)21-19-18(16(10-25)22(26)31-23(19)30-29-21)17-11-27-28-20(17)13-6-8-15(24)9-7-13/h2-9,11,18H,26H2,1H3,(H,27,28)(H,29,30)/t18-/m1/s1. The summed E-state index contributed by atoms with van der Waals surface area (Å²) in [5.41, 5.74) is 11.9. The van der Waals surface area contributed by atoms with E-state index in [9.17, 15) is 9.65 Å². The van der Waals surface area contributed by atoms with Gasteiger partial charge in [-0.25, -0.2) is 4.39 Å². The molecule has 0 aliphatic carbocycles. The molecule has 2 aromatic carbocycles. The van der Waals surface area contributed by atoms with Gasteiger partial charge in [0.15, 0.2) is 0 Å². The van der Waals surface area contributed by atoms with Crippen LogP contribution in [0.25, 0.3) is 22.5 Å². The summed E-state index contributed by atoms with van der Waals surface area (Å²) < 4.78 is 19.1. The van der Waals surface area contributed by atoms with Gasteiger partial charge in [0.1, 0.15) is 17.5 Å². The first kappa shape index (κ1) is 18.6. The Morgan fingerprint density at radius 1 is 1.03 bits per heavy atom. The van der Waals surface area contributed by atoms with Gasteiger partial charge in [-0.1, -0.05) is 29.8 Å². The molecule has 0 radical (unpaired) electrons. The van der Waals surface area contributed by atoms with E-state index in [2.05, 4.69) is 26.5 Å². The minimum atomic E-state index is -0.567. The van der Waals surface area contributed by atoms with Gasteiger partial charge in [-0.15, -0.1) is 5.10 Å². The van der Waals surface area contributed by atoms with Crippen molar-refractivity contribution in [3.63, 3.8) is 0 Å². The van der Waals surface area contributed by atoms with Gasteiger partial charge in [-0.05, 0) is 31.2 Å². The van der Waals surface area contributed by atoms with Crippen LogP contribution in [-0.2, 0) is 0 Å². The number of nitrogens with two attached hydrogens (primary N) is 1. The number of nitrogens with zero attached hydrogens (tertiary/aromatic N) is 3. The normalized spacial score (nSPS) is 15.3. The van der Waals surface area contributed by atoms with Crippen molar-refractivity contribution in [2.45, 2.75) is 12.8 Å². The van der Waals surface area contributed by atoms with Crippen molar-refractivity contribution in [2.75, 3.05) is 0 Å². The second-order valence-corrected chi connectivity index (χ2v) is 7.32. The summed E-state index contributed by atoms with van der Waals surface area (Å²) in [7, 11) is 0. The largest absolute Gasteiger partial charge is 0.420 e. The van der Waals surface area contributed by atoms with Crippen LogP contribution in [0.2, 0.25) is 0 Å². The molecule has 4 aromatic rings. The van der Waals surface area contributed by atoms with Crippen molar-refractivity contribution in [1.82, 2.24) is 20.4 Å². The molecule has 7 nitrogen and oxygen atoms in total. The van der Waals surface area contributed by atoms with Crippen LogP contribution in [0.1, 0.15) is 22.6 Å². The van der Waals surface area contributed by atoms with E-state index in [0.29, 0.717) is 22.7 Å². The molecular weight excluding hydrogens is 395 g/mol. The number of benzene rings is 2. The van der Waals surface area contributed by atoms with E-state index in [1.807, 2.05) is 31.2 Å². The zero-order chi connectivity index (χ0) is 21.5. The summed E-state index contributed by atoms with van der Waals surface area (Å²) >= 11 is 0. The smallest absolute Gasteiger partial charge is 0.244 e. The van der Waals surface area contributed by atoms with Crippen molar-refractivity contribution < 1.29 is 9.13 Å². The van der Waals surface area contributed by atoms with Gasteiger partial charge in [-0.2, -0.15) is 10.4 Å². The molecule has 0 amide bonds. The molecule has 31 heavy (non-hydrogen) atoms. The molecule has 0 saturated heterocycles. The van der Waals surface area contributed by atoms with Gasteiger partial charge in [-0.3, -0.25) is 10.2 Å². The minimum absolute atomic E-state index is 0.00628. The third-order valence-electron chi connectivity index (χ3n) is 5.39. The van der Waals surface area contributed by atoms with Gasteiger partial charge < -0.3 is 10.5 Å². The Morgan fingerprint density at radius 2 is 1.71 bits per heavy atom. The maximum Gasteiger partial charge on any atom is 0.244 e. The molecule has 0 bridgehead atoms. The van der Waals surface area contributed by atoms with Gasteiger partial charge in [0, 0.05) is 16.7 Å². The number of allylic oxidation sites excluding steroid dienone is 1. The lowest BCUT2D eigenvalue weighted by Gasteiger charge is -2.24. The molecule has 4 N–H and O–H groups in total. The highest BCUT2D eigenvalue weighted by molar-refractivity contribution is 5.74. The highest BCUT2D eigenvalue weighted by atomic mass is 19.1. The van der Waals surface area contributed by atoms with Gasteiger partial charge in [0.25, 0.3) is 0 Å². The monoisotopic (exact) mass is 412 g/mol. The van der Waals surface area contributed by atoms with E-state index in [-0.39, 0.29) is 17.3 Å². The van der Waals surface area contributed by atoms with Crippen molar-refractivity contribution in [3.05, 3.63) is 88.7 Å². The maximum atomic E-state index is 13.5. The molecule has 1 aliphatic rings. The number of hydrogen-bond donors (Lipinski definition) is 3. The second kappa shape index (κ2) is 7.15. The first-order valence-electron chi connectivity index (χ1n) is 9.59. The molecule has 2 aromatic heterocycles. The van der Waals surface area contributed by atoms with E-state index in [1.54, 1.807) is 18.3 Å². The number of ether oxygens (including phenoxy) is 1. The number of aromatic amines is 2. The fourth-order valence-electron chi connectivity index (χ4n) is 3.86. The highest BCUT2D eigenvalue weighted by Gasteiger charge is 2.37. The van der Waals surface area contributed by atoms with Crippen molar-refractivity contribution in [2.24, 2.45) is 5.73 Å².